The van der Waals surface area contributed by atoms with Gasteiger partial charge in [0.2, 0.25) is 0 Å². The topological polar surface area (TPSA) is 65.5 Å². The van der Waals surface area contributed by atoms with Gasteiger partial charge in [-0.2, -0.15) is 11.8 Å². The molecule has 0 aromatic heterocycles. The number of carbonyl (C=O) groups excluding carboxylic acids is 1. The van der Waals surface area contributed by atoms with Gasteiger partial charge in [-0.05, 0) is 25.3 Å². The minimum absolute atomic E-state index is 0. The highest BCUT2D eigenvalue weighted by Gasteiger charge is 2.03. The minimum atomic E-state index is -0.0540. The average molecular weight is 436 g/mol. The molecule has 0 bridgehead atoms. The molecule has 0 radical (unpaired) electrons. The van der Waals surface area contributed by atoms with Crippen LogP contribution in [-0.4, -0.2) is 50.1 Å². The Bertz CT molecular complexity index is 442. The Hall–Kier alpha value is -0.960. The van der Waals surface area contributed by atoms with Crippen LogP contribution in [0.15, 0.2) is 35.3 Å². The van der Waals surface area contributed by atoms with Gasteiger partial charge in [-0.3, -0.25) is 9.79 Å². The van der Waals surface area contributed by atoms with Crippen LogP contribution in [-0.2, 0) is 0 Å². The molecule has 0 fully saturated rings. The third-order valence-electron chi connectivity index (χ3n) is 2.65. The van der Waals surface area contributed by atoms with Crippen LogP contribution in [0.2, 0.25) is 0 Å². The zero-order chi connectivity index (χ0) is 15.3. The van der Waals surface area contributed by atoms with E-state index in [9.17, 15) is 4.79 Å². The van der Waals surface area contributed by atoms with Crippen molar-refractivity contribution in [2.45, 2.75) is 6.92 Å². The van der Waals surface area contributed by atoms with E-state index in [1.54, 1.807) is 23.9 Å². The van der Waals surface area contributed by atoms with Gasteiger partial charge in [-0.1, -0.05) is 18.2 Å². The van der Waals surface area contributed by atoms with Crippen molar-refractivity contribution in [3.63, 3.8) is 0 Å². The van der Waals surface area contributed by atoms with E-state index in [0.29, 0.717) is 18.7 Å². The van der Waals surface area contributed by atoms with Gasteiger partial charge in [0, 0.05) is 31.0 Å². The SMILES string of the molecule is CCNC(=NCCSC)NCCNC(=O)c1ccccc1.I. The van der Waals surface area contributed by atoms with E-state index in [1.807, 2.05) is 25.1 Å². The maximum absolute atomic E-state index is 11.8. The molecule has 0 unspecified atom stereocenters. The molecule has 0 heterocycles. The van der Waals surface area contributed by atoms with Crippen LogP contribution in [0.5, 0.6) is 0 Å². The van der Waals surface area contributed by atoms with Crippen molar-refractivity contribution in [2.75, 3.05) is 38.2 Å². The molecule has 0 atom stereocenters. The highest BCUT2D eigenvalue weighted by atomic mass is 127. The first-order valence-electron chi connectivity index (χ1n) is 7.12. The molecule has 5 nitrogen and oxygen atoms in total. The van der Waals surface area contributed by atoms with Gasteiger partial charge >= 0.3 is 0 Å². The summed E-state index contributed by atoms with van der Waals surface area (Å²) in [5.74, 6) is 1.74. The zero-order valence-corrected chi connectivity index (χ0v) is 16.2. The minimum Gasteiger partial charge on any atom is -0.357 e. The van der Waals surface area contributed by atoms with Crippen molar-refractivity contribution in [1.82, 2.24) is 16.0 Å². The summed E-state index contributed by atoms with van der Waals surface area (Å²) in [4.78, 5) is 16.3. The van der Waals surface area contributed by atoms with Gasteiger partial charge < -0.3 is 16.0 Å². The van der Waals surface area contributed by atoms with Gasteiger partial charge in [0.1, 0.15) is 0 Å². The summed E-state index contributed by atoms with van der Waals surface area (Å²) < 4.78 is 0. The van der Waals surface area contributed by atoms with E-state index < -0.39 is 0 Å². The van der Waals surface area contributed by atoms with Crippen molar-refractivity contribution in [3.8, 4) is 0 Å². The lowest BCUT2D eigenvalue weighted by atomic mass is 10.2. The van der Waals surface area contributed by atoms with E-state index in [0.717, 1.165) is 24.8 Å². The zero-order valence-electron chi connectivity index (χ0n) is 13.1. The summed E-state index contributed by atoms with van der Waals surface area (Å²) in [6, 6.07) is 9.21. The summed E-state index contributed by atoms with van der Waals surface area (Å²) in [5.41, 5.74) is 0.679. The predicted octanol–water partition coefficient (Wildman–Crippen LogP) is 1.95. The smallest absolute Gasteiger partial charge is 0.251 e. The Balaban J connectivity index is 0.00000441. The van der Waals surface area contributed by atoms with Crippen LogP contribution in [0.4, 0.5) is 0 Å². The molecule has 1 aromatic carbocycles. The summed E-state index contributed by atoms with van der Waals surface area (Å²) in [7, 11) is 0. The number of hydrogen-bond acceptors (Lipinski definition) is 3. The lowest BCUT2D eigenvalue weighted by Gasteiger charge is -2.11. The quantitative estimate of drug-likeness (QED) is 0.252. The van der Waals surface area contributed by atoms with Crippen LogP contribution in [0.1, 0.15) is 17.3 Å². The van der Waals surface area contributed by atoms with Crippen molar-refractivity contribution < 1.29 is 4.79 Å². The third-order valence-corrected chi connectivity index (χ3v) is 3.24. The van der Waals surface area contributed by atoms with Crippen LogP contribution in [0.3, 0.4) is 0 Å². The van der Waals surface area contributed by atoms with Gasteiger partial charge in [0.25, 0.3) is 5.91 Å². The van der Waals surface area contributed by atoms with E-state index in [2.05, 4.69) is 27.2 Å². The maximum Gasteiger partial charge on any atom is 0.251 e. The number of thioether (sulfide) groups is 1. The second-order valence-corrected chi connectivity index (χ2v) is 5.29. The summed E-state index contributed by atoms with van der Waals surface area (Å²) in [5, 5.41) is 9.25. The van der Waals surface area contributed by atoms with E-state index in [4.69, 9.17) is 0 Å². The number of nitrogens with zero attached hydrogens (tertiary/aromatic N) is 1. The molecule has 0 aliphatic rings. The van der Waals surface area contributed by atoms with Crippen LogP contribution in [0.25, 0.3) is 0 Å². The summed E-state index contributed by atoms with van der Waals surface area (Å²) in [6.07, 6.45) is 2.06. The molecule has 0 aliphatic heterocycles. The Morgan fingerprint density at radius 3 is 2.45 bits per heavy atom. The van der Waals surface area contributed by atoms with Gasteiger partial charge in [-0.15, -0.1) is 24.0 Å². The van der Waals surface area contributed by atoms with Crippen LogP contribution < -0.4 is 16.0 Å². The number of hydrogen-bond donors (Lipinski definition) is 3. The number of aliphatic imine (C=N–C) groups is 1. The van der Waals surface area contributed by atoms with Crippen molar-refractivity contribution in [2.24, 2.45) is 4.99 Å². The first-order valence-corrected chi connectivity index (χ1v) is 8.51. The maximum atomic E-state index is 11.8. The standard InChI is InChI=1S/C15H24N4OS.HI/c1-3-16-15(19-11-12-21-2)18-10-9-17-14(20)13-7-5-4-6-8-13;/h4-8H,3,9-12H2,1-2H3,(H,17,20)(H2,16,18,19);1H. The number of halogens is 1. The second kappa shape index (κ2) is 13.7. The predicted molar refractivity (Wildman–Crippen MR) is 107 cm³/mol. The van der Waals surface area contributed by atoms with E-state index >= 15 is 0 Å². The van der Waals surface area contributed by atoms with Crippen molar-refractivity contribution in [1.29, 1.82) is 0 Å². The Kier molecular flexibility index (Phi) is 13.1. The molecule has 3 N–H and O–H groups in total. The number of nitrogens with one attached hydrogen (secondary N) is 3. The molecule has 22 heavy (non-hydrogen) atoms. The Morgan fingerprint density at radius 1 is 1.14 bits per heavy atom. The number of amides is 1. The van der Waals surface area contributed by atoms with Gasteiger partial charge in [-0.25, -0.2) is 0 Å². The molecule has 124 valence electrons. The second-order valence-electron chi connectivity index (χ2n) is 4.30. The monoisotopic (exact) mass is 436 g/mol. The molecule has 0 saturated heterocycles. The molecule has 1 rings (SSSR count). The highest BCUT2D eigenvalue weighted by Crippen LogP contribution is 1.97. The van der Waals surface area contributed by atoms with Crippen molar-refractivity contribution >= 4 is 47.6 Å². The molecule has 1 amide bonds. The molecule has 1 aromatic rings. The van der Waals surface area contributed by atoms with Crippen LogP contribution in [0, 0.1) is 0 Å². The number of guanidine groups is 1. The Labute approximate surface area is 154 Å². The molecule has 0 aliphatic carbocycles. The first kappa shape index (κ1) is 21.0. The fourth-order valence-electron chi connectivity index (χ4n) is 1.64. The molecular formula is C15H25IN4OS. The summed E-state index contributed by atoms with van der Waals surface area (Å²) in [6.45, 7) is 4.83. The fourth-order valence-corrected chi connectivity index (χ4v) is 1.91. The van der Waals surface area contributed by atoms with Crippen molar-refractivity contribution in [3.05, 3.63) is 35.9 Å². The van der Waals surface area contributed by atoms with Crippen LogP contribution >= 0.6 is 35.7 Å². The molecule has 0 saturated carbocycles. The summed E-state index contributed by atoms with van der Waals surface area (Å²) >= 11 is 1.77. The first-order chi connectivity index (χ1) is 10.3. The number of carbonyl (C=O) groups is 1. The molecular weight excluding hydrogens is 411 g/mol. The Morgan fingerprint density at radius 2 is 1.82 bits per heavy atom. The number of rotatable bonds is 8. The molecule has 7 heteroatoms. The molecule has 0 spiro atoms. The van der Waals surface area contributed by atoms with E-state index in [1.165, 1.54) is 0 Å². The lowest BCUT2D eigenvalue weighted by Crippen LogP contribution is -2.41. The third kappa shape index (κ3) is 9.14. The largest absolute Gasteiger partial charge is 0.357 e. The lowest BCUT2D eigenvalue weighted by molar-refractivity contribution is 0.0954. The fraction of sp³-hybridized carbons (Fsp3) is 0.467. The van der Waals surface area contributed by atoms with Gasteiger partial charge in [0.05, 0.1) is 6.54 Å². The van der Waals surface area contributed by atoms with E-state index in [-0.39, 0.29) is 29.9 Å². The number of benzene rings is 1. The van der Waals surface area contributed by atoms with Gasteiger partial charge in [0.15, 0.2) is 5.96 Å². The highest BCUT2D eigenvalue weighted by molar-refractivity contribution is 14.0. The normalized spacial score (nSPS) is 10.5. The average Bonchev–Trinajstić information content (AvgIpc) is 2.52.